The molecular formula is C25H31N3O2. The van der Waals surface area contributed by atoms with Gasteiger partial charge >= 0.3 is 0 Å². The van der Waals surface area contributed by atoms with Crippen molar-refractivity contribution in [2.75, 3.05) is 31.6 Å². The number of hydrogen-bond donors (Lipinski definition) is 1. The zero-order valence-electron chi connectivity index (χ0n) is 18.0. The number of fused-ring (bicyclic) bond motifs is 4. The molecule has 0 atom stereocenters. The average molecular weight is 406 g/mol. The van der Waals surface area contributed by atoms with E-state index < -0.39 is 0 Å². The van der Waals surface area contributed by atoms with Crippen molar-refractivity contribution < 1.29 is 9.47 Å². The summed E-state index contributed by atoms with van der Waals surface area (Å²) < 4.78 is 13.7. The lowest BCUT2D eigenvalue weighted by Gasteiger charge is -2.27. The van der Waals surface area contributed by atoms with Crippen LogP contribution in [-0.2, 0) is 20.0 Å². The highest BCUT2D eigenvalue weighted by Crippen LogP contribution is 2.35. The van der Waals surface area contributed by atoms with Crippen LogP contribution >= 0.6 is 0 Å². The maximum Gasteiger partial charge on any atom is 0.163 e. The van der Waals surface area contributed by atoms with Gasteiger partial charge in [0.1, 0.15) is 13.2 Å². The van der Waals surface area contributed by atoms with E-state index in [0.717, 1.165) is 35.8 Å². The molecule has 1 aromatic heterocycles. The molecule has 0 unspecified atom stereocenters. The third-order valence-corrected chi connectivity index (χ3v) is 6.39. The Hall–Kier alpha value is -2.66. The number of aryl methyl sites for hydroxylation is 1. The van der Waals surface area contributed by atoms with E-state index >= 15 is 0 Å². The Morgan fingerprint density at radius 2 is 1.77 bits per heavy atom. The topological polar surface area (TPSA) is 38.7 Å². The summed E-state index contributed by atoms with van der Waals surface area (Å²) >= 11 is 0. The van der Waals surface area contributed by atoms with Gasteiger partial charge in [0.15, 0.2) is 11.5 Å². The maximum atomic E-state index is 5.72. The van der Waals surface area contributed by atoms with Crippen molar-refractivity contribution in [2.24, 2.45) is 7.05 Å². The molecule has 2 aliphatic heterocycles. The summed E-state index contributed by atoms with van der Waals surface area (Å²) in [5.74, 6) is 1.63. The Morgan fingerprint density at radius 3 is 2.63 bits per heavy atom. The van der Waals surface area contributed by atoms with E-state index in [0.29, 0.717) is 13.2 Å². The van der Waals surface area contributed by atoms with E-state index in [9.17, 15) is 0 Å². The largest absolute Gasteiger partial charge is 0.486 e. The monoisotopic (exact) mass is 405 g/mol. The number of hydrogen-bond acceptors (Lipinski definition) is 4. The molecule has 30 heavy (non-hydrogen) atoms. The van der Waals surface area contributed by atoms with Gasteiger partial charge in [0.2, 0.25) is 0 Å². The van der Waals surface area contributed by atoms with Gasteiger partial charge in [-0.3, -0.25) is 4.90 Å². The molecule has 0 amide bonds. The molecule has 0 saturated heterocycles. The number of aromatic nitrogens is 1. The summed E-state index contributed by atoms with van der Waals surface area (Å²) in [6.45, 7) is 6.95. The average Bonchev–Trinajstić information content (AvgIpc) is 3.05. The SMILES string of the molecule is CCCCCN1CCc2c(c3ccc(Nc4ccc5c(c4)OCCO5)cc3n2C)C1. The second-order valence-corrected chi connectivity index (χ2v) is 8.43. The molecule has 5 rings (SSSR count). The van der Waals surface area contributed by atoms with Crippen LogP contribution in [0.15, 0.2) is 36.4 Å². The van der Waals surface area contributed by atoms with Crippen LogP contribution in [0.2, 0.25) is 0 Å². The summed E-state index contributed by atoms with van der Waals surface area (Å²) in [4.78, 5) is 2.62. The van der Waals surface area contributed by atoms with Crippen LogP contribution in [0.1, 0.15) is 37.4 Å². The predicted octanol–water partition coefficient (Wildman–Crippen LogP) is 5.24. The number of ether oxygens (including phenoxy) is 2. The standard InChI is InChI=1S/C25H31N3O2/c1-3-4-5-11-28-12-10-22-21(17-28)20-8-6-18(15-23(20)27(22)2)26-19-7-9-24-25(16-19)30-14-13-29-24/h6-9,15-16,26H,3-5,10-14,17H2,1-2H3. The zero-order chi connectivity index (χ0) is 20.5. The maximum absolute atomic E-state index is 5.72. The fraction of sp³-hybridized carbons (Fsp3) is 0.440. The van der Waals surface area contributed by atoms with E-state index in [-0.39, 0.29) is 0 Å². The summed E-state index contributed by atoms with van der Waals surface area (Å²) in [6.07, 6.45) is 5.05. The molecular weight excluding hydrogens is 374 g/mol. The van der Waals surface area contributed by atoms with Crippen molar-refractivity contribution in [3.63, 3.8) is 0 Å². The normalized spacial score (nSPS) is 15.9. The molecule has 5 nitrogen and oxygen atoms in total. The minimum Gasteiger partial charge on any atom is -0.486 e. The fourth-order valence-corrected chi connectivity index (χ4v) is 4.77. The van der Waals surface area contributed by atoms with E-state index in [1.54, 1.807) is 0 Å². The van der Waals surface area contributed by atoms with Crippen LogP contribution in [0.4, 0.5) is 11.4 Å². The van der Waals surface area contributed by atoms with Crippen LogP contribution in [-0.4, -0.2) is 35.8 Å². The number of nitrogens with zero attached hydrogens (tertiary/aromatic N) is 2. The molecule has 0 fully saturated rings. The van der Waals surface area contributed by atoms with Crippen LogP contribution in [0.3, 0.4) is 0 Å². The van der Waals surface area contributed by atoms with Gasteiger partial charge in [-0.15, -0.1) is 0 Å². The van der Waals surface area contributed by atoms with Crippen LogP contribution < -0.4 is 14.8 Å². The first-order valence-corrected chi connectivity index (χ1v) is 11.2. The van der Waals surface area contributed by atoms with Gasteiger partial charge in [-0.2, -0.15) is 0 Å². The second kappa shape index (κ2) is 8.23. The lowest BCUT2D eigenvalue weighted by Crippen LogP contribution is -2.31. The molecule has 0 bridgehead atoms. The quantitative estimate of drug-likeness (QED) is 0.569. The smallest absolute Gasteiger partial charge is 0.163 e. The van der Waals surface area contributed by atoms with Crippen molar-refractivity contribution in [1.29, 1.82) is 0 Å². The first-order chi connectivity index (χ1) is 14.7. The van der Waals surface area contributed by atoms with Crippen molar-refractivity contribution in [2.45, 2.75) is 39.2 Å². The van der Waals surface area contributed by atoms with E-state index in [1.807, 2.05) is 18.2 Å². The van der Waals surface area contributed by atoms with Crippen LogP contribution in [0.25, 0.3) is 10.9 Å². The summed E-state index contributed by atoms with van der Waals surface area (Å²) in [5.41, 5.74) is 6.42. The third-order valence-electron chi connectivity index (χ3n) is 6.39. The Bertz CT molecular complexity index is 1060. The zero-order valence-corrected chi connectivity index (χ0v) is 18.0. The fourth-order valence-electron chi connectivity index (χ4n) is 4.77. The number of rotatable bonds is 6. The van der Waals surface area contributed by atoms with Gasteiger partial charge in [-0.05, 0) is 42.8 Å². The van der Waals surface area contributed by atoms with Gasteiger partial charge < -0.3 is 19.4 Å². The minimum atomic E-state index is 0.604. The summed E-state index contributed by atoms with van der Waals surface area (Å²) in [5, 5.41) is 4.93. The molecule has 2 aliphatic rings. The Morgan fingerprint density at radius 1 is 0.967 bits per heavy atom. The van der Waals surface area contributed by atoms with Crippen molar-refractivity contribution >= 4 is 22.3 Å². The van der Waals surface area contributed by atoms with Gasteiger partial charge in [0, 0.05) is 55.1 Å². The van der Waals surface area contributed by atoms with E-state index in [1.165, 1.54) is 54.5 Å². The Labute approximate surface area is 178 Å². The van der Waals surface area contributed by atoms with Gasteiger partial charge in [-0.1, -0.05) is 25.8 Å². The van der Waals surface area contributed by atoms with Crippen molar-refractivity contribution in [3.8, 4) is 11.5 Å². The Balaban J connectivity index is 1.38. The highest BCUT2D eigenvalue weighted by molar-refractivity contribution is 5.89. The highest BCUT2D eigenvalue weighted by Gasteiger charge is 2.22. The molecule has 0 aliphatic carbocycles. The van der Waals surface area contributed by atoms with E-state index in [4.69, 9.17) is 9.47 Å². The van der Waals surface area contributed by atoms with Crippen LogP contribution in [0.5, 0.6) is 11.5 Å². The first-order valence-electron chi connectivity index (χ1n) is 11.2. The number of anilines is 2. The molecule has 2 aromatic carbocycles. The number of nitrogens with one attached hydrogen (secondary N) is 1. The molecule has 5 heteroatoms. The molecule has 3 aromatic rings. The van der Waals surface area contributed by atoms with Crippen molar-refractivity contribution in [3.05, 3.63) is 47.7 Å². The molecule has 3 heterocycles. The minimum absolute atomic E-state index is 0.604. The third kappa shape index (κ3) is 3.63. The van der Waals surface area contributed by atoms with Gasteiger partial charge in [0.25, 0.3) is 0 Å². The molecule has 158 valence electrons. The molecule has 1 N–H and O–H groups in total. The lowest BCUT2D eigenvalue weighted by atomic mass is 10.0. The summed E-state index contributed by atoms with van der Waals surface area (Å²) in [7, 11) is 2.21. The lowest BCUT2D eigenvalue weighted by molar-refractivity contribution is 0.171. The molecule has 0 saturated carbocycles. The van der Waals surface area contributed by atoms with E-state index in [2.05, 4.69) is 47.0 Å². The van der Waals surface area contributed by atoms with Gasteiger partial charge in [0.05, 0.1) is 5.52 Å². The van der Waals surface area contributed by atoms with Gasteiger partial charge in [-0.25, -0.2) is 0 Å². The predicted molar refractivity (Wildman–Crippen MR) is 122 cm³/mol. The van der Waals surface area contributed by atoms with Crippen LogP contribution in [0, 0.1) is 0 Å². The second-order valence-electron chi connectivity index (χ2n) is 8.43. The summed E-state index contributed by atoms with van der Waals surface area (Å²) in [6, 6.07) is 12.8. The molecule has 0 spiro atoms. The first kappa shape index (κ1) is 19.3. The van der Waals surface area contributed by atoms with Crippen molar-refractivity contribution in [1.82, 2.24) is 9.47 Å². The Kier molecular flexibility index (Phi) is 5.30. The molecule has 0 radical (unpaired) electrons. The number of benzene rings is 2. The number of unbranched alkanes of at least 4 members (excludes halogenated alkanes) is 2. The highest BCUT2D eigenvalue weighted by atomic mass is 16.6.